The summed E-state index contributed by atoms with van der Waals surface area (Å²) in [5.74, 6) is 0. The number of thiophene rings is 1. The molecule has 0 amide bonds. The maximum absolute atomic E-state index is 8.01. The molecule has 1 heterocycles. The van der Waals surface area contributed by atoms with Crippen molar-refractivity contribution >= 4 is 11.3 Å². The number of rotatable bonds is 3. The molecule has 0 aliphatic carbocycles. The molecule has 4 heteroatoms. The van der Waals surface area contributed by atoms with Crippen LogP contribution in [0.3, 0.4) is 0 Å². The second kappa shape index (κ2) is 4.01. The van der Waals surface area contributed by atoms with Crippen molar-refractivity contribution in [2.45, 2.75) is 13.3 Å². The van der Waals surface area contributed by atoms with Gasteiger partial charge in [-0.1, -0.05) is 5.11 Å². The van der Waals surface area contributed by atoms with E-state index in [1.165, 1.54) is 9.75 Å². The Labute approximate surface area is 69.3 Å². The Bertz CT molecular complexity index is 273. The number of nitrogens with zero attached hydrogens (tertiary/aromatic N) is 3. The van der Waals surface area contributed by atoms with Crippen molar-refractivity contribution in [1.82, 2.24) is 0 Å². The fourth-order valence-corrected chi connectivity index (χ4v) is 1.70. The molecule has 1 aromatic rings. The summed E-state index contributed by atoms with van der Waals surface area (Å²) in [5.41, 5.74) is 8.01. The first-order valence-corrected chi connectivity index (χ1v) is 4.21. The van der Waals surface area contributed by atoms with Crippen molar-refractivity contribution in [2.24, 2.45) is 5.11 Å². The number of azide groups is 1. The molecule has 0 spiro atoms. The Hall–Kier alpha value is -0.990. The third-order valence-corrected chi connectivity index (χ3v) is 2.38. The average Bonchev–Trinajstić information content (AvgIpc) is 2.37. The molecule has 0 unspecified atom stereocenters. The third-order valence-electron chi connectivity index (χ3n) is 1.32. The SMILES string of the molecule is Cc1ccc(CCN=[N+]=[N-])s1. The van der Waals surface area contributed by atoms with Crippen LogP contribution in [0.5, 0.6) is 0 Å². The molecule has 11 heavy (non-hydrogen) atoms. The highest BCUT2D eigenvalue weighted by Crippen LogP contribution is 2.15. The van der Waals surface area contributed by atoms with Gasteiger partial charge in [-0.05, 0) is 31.0 Å². The highest BCUT2D eigenvalue weighted by Gasteiger charge is 1.93. The first-order chi connectivity index (χ1) is 5.33. The minimum atomic E-state index is 0.566. The molecule has 0 aromatic carbocycles. The maximum atomic E-state index is 8.01. The lowest BCUT2D eigenvalue weighted by Crippen LogP contribution is -1.81. The Balaban J connectivity index is 2.44. The standard InChI is InChI=1S/C7H9N3S/c1-6-2-3-7(11-6)4-5-9-10-8/h2-3H,4-5H2,1H3. The first-order valence-electron chi connectivity index (χ1n) is 3.39. The van der Waals surface area contributed by atoms with E-state index in [1.54, 1.807) is 11.3 Å². The Morgan fingerprint density at radius 2 is 2.45 bits per heavy atom. The molecule has 0 radical (unpaired) electrons. The molecule has 58 valence electrons. The van der Waals surface area contributed by atoms with Gasteiger partial charge in [0.25, 0.3) is 0 Å². The summed E-state index contributed by atoms with van der Waals surface area (Å²) in [6.45, 7) is 2.64. The smallest absolute Gasteiger partial charge is 0.0306 e. The van der Waals surface area contributed by atoms with Gasteiger partial charge in [-0.2, -0.15) is 0 Å². The van der Waals surface area contributed by atoms with Crippen molar-refractivity contribution in [3.63, 3.8) is 0 Å². The van der Waals surface area contributed by atoms with Crippen LogP contribution in [0.15, 0.2) is 17.2 Å². The van der Waals surface area contributed by atoms with Crippen LogP contribution in [0.25, 0.3) is 10.4 Å². The van der Waals surface area contributed by atoms with Crippen LogP contribution in [0, 0.1) is 6.92 Å². The molecule has 3 nitrogen and oxygen atoms in total. The summed E-state index contributed by atoms with van der Waals surface area (Å²) in [4.78, 5) is 5.28. The molecule has 1 aromatic heterocycles. The van der Waals surface area contributed by atoms with E-state index < -0.39 is 0 Å². The zero-order valence-electron chi connectivity index (χ0n) is 6.32. The third kappa shape index (κ3) is 2.62. The van der Waals surface area contributed by atoms with Gasteiger partial charge in [-0.3, -0.25) is 0 Å². The molecule has 1 rings (SSSR count). The normalized spacial score (nSPS) is 9.18. The minimum absolute atomic E-state index is 0.566. The average molecular weight is 167 g/mol. The van der Waals surface area contributed by atoms with Gasteiger partial charge in [0.1, 0.15) is 0 Å². The summed E-state index contributed by atoms with van der Waals surface area (Å²) < 4.78 is 0. The zero-order valence-corrected chi connectivity index (χ0v) is 7.14. The predicted molar refractivity (Wildman–Crippen MR) is 46.8 cm³/mol. The van der Waals surface area contributed by atoms with Gasteiger partial charge in [0.2, 0.25) is 0 Å². The van der Waals surface area contributed by atoms with E-state index in [9.17, 15) is 0 Å². The lowest BCUT2D eigenvalue weighted by molar-refractivity contribution is 0.974. The van der Waals surface area contributed by atoms with Crippen molar-refractivity contribution < 1.29 is 0 Å². The lowest BCUT2D eigenvalue weighted by Gasteiger charge is -1.87. The number of hydrogen-bond acceptors (Lipinski definition) is 2. The molecule has 0 saturated heterocycles. The van der Waals surface area contributed by atoms with Crippen LogP contribution < -0.4 is 0 Å². The number of hydrogen-bond donors (Lipinski definition) is 0. The quantitative estimate of drug-likeness (QED) is 0.377. The van der Waals surface area contributed by atoms with Crippen LogP contribution >= 0.6 is 11.3 Å². The van der Waals surface area contributed by atoms with Crippen LogP contribution in [0.1, 0.15) is 9.75 Å². The van der Waals surface area contributed by atoms with Gasteiger partial charge >= 0.3 is 0 Å². The summed E-state index contributed by atoms with van der Waals surface area (Å²) in [6, 6.07) is 4.16. The van der Waals surface area contributed by atoms with E-state index in [0.717, 1.165) is 6.42 Å². The van der Waals surface area contributed by atoms with E-state index in [4.69, 9.17) is 5.53 Å². The Kier molecular flexibility index (Phi) is 2.95. The van der Waals surface area contributed by atoms with Crippen LogP contribution in [0.4, 0.5) is 0 Å². The van der Waals surface area contributed by atoms with Crippen LogP contribution in [-0.2, 0) is 6.42 Å². The summed E-state index contributed by atoms with van der Waals surface area (Å²) in [5, 5.41) is 3.46. The topological polar surface area (TPSA) is 48.8 Å². The summed E-state index contributed by atoms with van der Waals surface area (Å²) in [6.07, 6.45) is 0.864. The zero-order chi connectivity index (χ0) is 8.10. The monoisotopic (exact) mass is 167 g/mol. The fourth-order valence-electron chi connectivity index (χ4n) is 0.824. The van der Waals surface area contributed by atoms with E-state index in [2.05, 4.69) is 29.1 Å². The largest absolute Gasteiger partial charge is 0.146 e. The predicted octanol–water partition coefficient (Wildman–Crippen LogP) is 2.91. The van der Waals surface area contributed by atoms with Crippen molar-refractivity contribution in [2.75, 3.05) is 6.54 Å². The summed E-state index contributed by atoms with van der Waals surface area (Å²) >= 11 is 1.75. The molecular weight excluding hydrogens is 158 g/mol. The van der Waals surface area contributed by atoms with Gasteiger partial charge in [0.15, 0.2) is 0 Å². The Morgan fingerprint density at radius 1 is 1.64 bits per heavy atom. The van der Waals surface area contributed by atoms with Gasteiger partial charge < -0.3 is 0 Å². The van der Waals surface area contributed by atoms with Crippen molar-refractivity contribution in [3.05, 3.63) is 32.3 Å². The number of aryl methyl sites for hydroxylation is 1. The van der Waals surface area contributed by atoms with E-state index >= 15 is 0 Å². The van der Waals surface area contributed by atoms with Gasteiger partial charge in [-0.25, -0.2) is 0 Å². The maximum Gasteiger partial charge on any atom is 0.0306 e. The molecular formula is C7H9N3S. The van der Waals surface area contributed by atoms with Crippen molar-refractivity contribution in [1.29, 1.82) is 0 Å². The van der Waals surface area contributed by atoms with E-state index in [-0.39, 0.29) is 0 Å². The van der Waals surface area contributed by atoms with Gasteiger partial charge in [0, 0.05) is 21.2 Å². The molecule has 0 aliphatic heterocycles. The van der Waals surface area contributed by atoms with E-state index in [0.29, 0.717) is 6.54 Å². The fraction of sp³-hybridized carbons (Fsp3) is 0.429. The Morgan fingerprint density at radius 3 is 3.00 bits per heavy atom. The molecule has 0 N–H and O–H groups in total. The minimum Gasteiger partial charge on any atom is -0.146 e. The second-order valence-electron chi connectivity index (χ2n) is 2.22. The molecule has 0 atom stereocenters. The van der Waals surface area contributed by atoms with Crippen LogP contribution in [0.2, 0.25) is 0 Å². The second-order valence-corrected chi connectivity index (χ2v) is 3.59. The van der Waals surface area contributed by atoms with Crippen LogP contribution in [-0.4, -0.2) is 6.54 Å². The molecule has 0 saturated carbocycles. The molecule has 0 fully saturated rings. The molecule has 0 aliphatic rings. The first kappa shape index (κ1) is 8.11. The van der Waals surface area contributed by atoms with Crippen molar-refractivity contribution in [3.8, 4) is 0 Å². The van der Waals surface area contributed by atoms with Gasteiger partial charge in [0.05, 0.1) is 0 Å². The highest BCUT2D eigenvalue weighted by molar-refractivity contribution is 7.11. The highest BCUT2D eigenvalue weighted by atomic mass is 32.1. The van der Waals surface area contributed by atoms with Gasteiger partial charge in [-0.15, -0.1) is 11.3 Å². The lowest BCUT2D eigenvalue weighted by atomic mass is 10.3. The van der Waals surface area contributed by atoms with E-state index in [1.807, 2.05) is 0 Å². The summed E-state index contributed by atoms with van der Waals surface area (Å²) in [7, 11) is 0. The molecule has 0 bridgehead atoms.